The number of carboxylic acid groups (broad SMARTS) is 1. The van der Waals surface area contributed by atoms with Gasteiger partial charge in [-0.25, -0.2) is 9.78 Å². The summed E-state index contributed by atoms with van der Waals surface area (Å²) in [4.78, 5) is 18.4. The van der Waals surface area contributed by atoms with Crippen molar-refractivity contribution in [2.45, 2.75) is 0 Å². The van der Waals surface area contributed by atoms with Gasteiger partial charge in [-0.15, -0.1) is 11.3 Å². The Kier molecular flexibility index (Phi) is 1.58. The number of rotatable bonds is 1. The highest BCUT2D eigenvalue weighted by Gasteiger charge is 2.11. The normalized spacial score (nSPS) is 11.2. The lowest BCUT2D eigenvalue weighted by atomic mass is 10.2. The van der Waals surface area contributed by atoms with Crippen molar-refractivity contribution in [1.82, 2.24) is 9.97 Å². The number of pyridine rings is 1. The molecule has 3 heterocycles. The molecular weight excluding hydrogens is 212 g/mol. The van der Waals surface area contributed by atoms with E-state index in [0.29, 0.717) is 4.88 Å². The van der Waals surface area contributed by atoms with Gasteiger partial charge in [-0.1, -0.05) is 0 Å². The van der Waals surface area contributed by atoms with Crippen LogP contribution in [-0.2, 0) is 0 Å². The monoisotopic (exact) mass is 218 g/mol. The summed E-state index contributed by atoms with van der Waals surface area (Å²) in [5.74, 6) is -0.889. The highest BCUT2D eigenvalue weighted by Crippen LogP contribution is 2.30. The fourth-order valence-electron chi connectivity index (χ4n) is 1.60. The van der Waals surface area contributed by atoms with Gasteiger partial charge in [0.2, 0.25) is 0 Å². The van der Waals surface area contributed by atoms with E-state index in [1.807, 2.05) is 6.07 Å². The number of aromatic nitrogens is 2. The number of hydrogen-bond acceptors (Lipinski definition) is 3. The predicted molar refractivity (Wildman–Crippen MR) is 58.4 cm³/mol. The van der Waals surface area contributed by atoms with Gasteiger partial charge in [0, 0.05) is 27.9 Å². The third-order valence-corrected chi connectivity index (χ3v) is 3.45. The van der Waals surface area contributed by atoms with Crippen molar-refractivity contribution < 1.29 is 9.90 Å². The molecule has 0 saturated heterocycles. The molecule has 0 spiro atoms. The Hall–Kier alpha value is -1.88. The molecule has 15 heavy (non-hydrogen) atoms. The van der Waals surface area contributed by atoms with E-state index >= 15 is 0 Å². The fourth-order valence-corrected chi connectivity index (χ4v) is 2.60. The molecular formula is C10H6N2O2S. The van der Waals surface area contributed by atoms with Crippen molar-refractivity contribution in [2.24, 2.45) is 0 Å². The predicted octanol–water partition coefficient (Wildman–Crippen LogP) is 2.48. The molecule has 5 heteroatoms. The maximum Gasteiger partial charge on any atom is 0.345 e. The van der Waals surface area contributed by atoms with Crippen LogP contribution < -0.4 is 0 Å². The summed E-state index contributed by atoms with van der Waals surface area (Å²) < 4.78 is 0.971. The molecule has 0 amide bonds. The van der Waals surface area contributed by atoms with Gasteiger partial charge in [-0.2, -0.15) is 0 Å². The van der Waals surface area contributed by atoms with Gasteiger partial charge in [0.1, 0.15) is 10.5 Å². The van der Waals surface area contributed by atoms with Gasteiger partial charge in [0.15, 0.2) is 0 Å². The lowest BCUT2D eigenvalue weighted by molar-refractivity contribution is 0.0702. The maximum atomic E-state index is 10.8. The van der Waals surface area contributed by atoms with Crippen molar-refractivity contribution in [1.29, 1.82) is 0 Å². The number of carbonyl (C=O) groups is 1. The van der Waals surface area contributed by atoms with Crippen molar-refractivity contribution in [2.75, 3.05) is 0 Å². The second kappa shape index (κ2) is 2.80. The first kappa shape index (κ1) is 8.43. The van der Waals surface area contributed by atoms with Crippen molar-refractivity contribution in [3.63, 3.8) is 0 Å². The van der Waals surface area contributed by atoms with E-state index in [-0.39, 0.29) is 0 Å². The minimum Gasteiger partial charge on any atom is -0.477 e. The molecule has 0 aromatic carbocycles. The van der Waals surface area contributed by atoms with Crippen LogP contribution >= 0.6 is 11.3 Å². The number of fused-ring (bicyclic) bond motifs is 3. The van der Waals surface area contributed by atoms with Gasteiger partial charge < -0.3 is 10.1 Å². The number of aromatic amines is 1. The molecule has 3 aromatic heterocycles. The topological polar surface area (TPSA) is 66.0 Å². The van der Waals surface area contributed by atoms with E-state index in [2.05, 4.69) is 9.97 Å². The Morgan fingerprint density at radius 2 is 2.40 bits per heavy atom. The number of hydrogen-bond donors (Lipinski definition) is 2. The highest BCUT2D eigenvalue weighted by molar-refractivity contribution is 7.21. The van der Waals surface area contributed by atoms with E-state index in [1.165, 1.54) is 11.3 Å². The lowest BCUT2D eigenvalue weighted by Gasteiger charge is -1.89. The molecule has 0 saturated carbocycles. The van der Waals surface area contributed by atoms with Crippen LogP contribution in [0.25, 0.3) is 21.1 Å². The number of H-pyrrole nitrogens is 1. The molecule has 0 bridgehead atoms. The molecule has 0 radical (unpaired) electrons. The van der Waals surface area contributed by atoms with Crippen LogP contribution in [0.5, 0.6) is 0 Å². The highest BCUT2D eigenvalue weighted by atomic mass is 32.1. The Bertz CT molecular complexity index is 668. The van der Waals surface area contributed by atoms with Gasteiger partial charge in [-0.3, -0.25) is 0 Å². The Labute approximate surface area is 88.2 Å². The van der Waals surface area contributed by atoms with Crippen molar-refractivity contribution >= 4 is 38.4 Å². The van der Waals surface area contributed by atoms with Crippen LogP contribution in [0, 0.1) is 0 Å². The van der Waals surface area contributed by atoms with E-state index in [4.69, 9.17) is 5.11 Å². The molecule has 0 unspecified atom stereocenters. The average Bonchev–Trinajstić information content (AvgIpc) is 2.82. The van der Waals surface area contributed by atoms with Gasteiger partial charge in [0.25, 0.3) is 0 Å². The average molecular weight is 218 g/mol. The van der Waals surface area contributed by atoms with Crippen LogP contribution in [0.4, 0.5) is 0 Å². The summed E-state index contributed by atoms with van der Waals surface area (Å²) in [7, 11) is 0. The molecule has 3 rings (SSSR count). The summed E-state index contributed by atoms with van der Waals surface area (Å²) in [6, 6.07) is 3.56. The summed E-state index contributed by atoms with van der Waals surface area (Å²) >= 11 is 1.28. The first-order valence-electron chi connectivity index (χ1n) is 4.34. The van der Waals surface area contributed by atoms with Gasteiger partial charge in [0.05, 0.1) is 0 Å². The van der Waals surface area contributed by atoms with E-state index in [0.717, 1.165) is 21.1 Å². The van der Waals surface area contributed by atoms with Gasteiger partial charge >= 0.3 is 5.97 Å². The van der Waals surface area contributed by atoms with Crippen LogP contribution in [0.2, 0.25) is 0 Å². The van der Waals surface area contributed by atoms with E-state index in [9.17, 15) is 4.79 Å². The van der Waals surface area contributed by atoms with Gasteiger partial charge in [-0.05, 0) is 12.1 Å². The molecule has 74 valence electrons. The maximum absolute atomic E-state index is 10.8. The molecule has 0 aliphatic heterocycles. The number of nitrogens with zero attached hydrogens (tertiary/aromatic N) is 1. The van der Waals surface area contributed by atoms with E-state index < -0.39 is 5.97 Å². The second-order valence-electron chi connectivity index (χ2n) is 3.20. The molecule has 0 aliphatic carbocycles. The first-order chi connectivity index (χ1) is 7.25. The Balaban J connectivity index is 2.46. The standard InChI is InChI=1S/C10H6N2O2S/c13-10(14)7-3-5-4-12-9-6(1-2-11-9)8(5)15-7/h1-4H,(H,11,12)(H,13,14). The van der Waals surface area contributed by atoms with Crippen molar-refractivity contribution in [3.05, 3.63) is 29.4 Å². The minimum absolute atomic E-state index is 0.348. The Morgan fingerprint density at radius 1 is 1.53 bits per heavy atom. The number of thiophene rings is 1. The zero-order chi connectivity index (χ0) is 10.4. The summed E-state index contributed by atoms with van der Waals surface area (Å²) in [5.41, 5.74) is 0.793. The van der Waals surface area contributed by atoms with Crippen molar-refractivity contribution in [3.8, 4) is 0 Å². The first-order valence-corrected chi connectivity index (χ1v) is 5.16. The fraction of sp³-hybridized carbons (Fsp3) is 0. The zero-order valence-electron chi connectivity index (χ0n) is 7.52. The number of aromatic carboxylic acids is 1. The molecule has 0 atom stereocenters. The van der Waals surface area contributed by atoms with E-state index in [1.54, 1.807) is 18.5 Å². The third-order valence-electron chi connectivity index (χ3n) is 2.27. The largest absolute Gasteiger partial charge is 0.477 e. The molecule has 0 fully saturated rings. The summed E-state index contributed by atoms with van der Waals surface area (Å²) in [6.07, 6.45) is 3.49. The smallest absolute Gasteiger partial charge is 0.345 e. The molecule has 0 aliphatic rings. The summed E-state index contributed by atoms with van der Waals surface area (Å²) in [5, 5.41) is 10.7. The number of nitrogens with one attached hydrogen (secondary N) is 1. The third kappa shape index (κ3) is 1.13. The lowest BCUT2D eigenvalue weighted by Crippen LogP contribution is -1.89. The second-order valence-corrected chi connectivity index (χ2v) is 4.25. The Morgan fingerprint density at radius 3 is 3.20 bits per heavy atom. The quantitative estimate of drug-likeness (QED) is 0.659. The van der Waals surface area contributed by atoms with Crippen LogP contribution in [0.1, 0.15) is 9.67 Å². The molecule has 3 aromatic rings. The SMILES string of the molecule is O=C(O)c1cc2cnc3[nH]ccc3c2s1. The summed E-state index contributed by atoms with van der Waals surface area (Å²) in [6.45, 7) is 0. The zero-order valence-corrected chi connectivity index (χ0v) is 8.34. The van der Waals surface area contributed by atoms with Crippen LogP contribution in [-0.4, -0.2) is 21.0 Å². The minimum atomic E-state index is -0.889. The van der Waals surface area contributed by atoms with Crippen LogP contribution in [0.15, 0.2) is 24.5 Å². The molecule has 4 nitrogen and oxygen atoms in total. The number of carboxylic acids is 1. The van der Waals surface area contributed by atoms with Crippen LogP contribution in [0.3, 0.4) is 0 Å². The molecule has 2 N–H and O–H groups in total.